The van der Waals surface area contributed by atoms with Crippen LogP contribution in [0, 0.1) is 0 Å². The number of methoxy groups -OCH3 is 2. The van der Waals surface area contributed by atoms with Crippen LogP contribution in [0.4, 0.5) is 11.6 Å². The number of amides is 2. The summed E-state index contributed by atoms with van der Waals surface area (Å²) in [6.45, 7) is 2.78. The van der Waals surface area contributed by atoms with E-state index in [1.165, 1.54) is 13.8 Å². The molecule has 0 atom stereocenters. The average Bonchev–Trinajstić information content (AvgIpc) is 2.53. The van der Waals surface area contributed by atoms with Crippen molar-refractivity contribution in [2.45, 2.75) is 13.8 Å². The van der Waals surface area contributed by atoms with E-state index < -0.39 is 0 Å². The Morgan fingerprint density at radius 2 is 1.58 bits per heavy atom. The second kappa shape index (κ2) is 7.45. The van der Waals surface area contributed by atoms with Crippen LogP contribution >= 0.6 is 0 Å². The van der Waals surface area contributed by atoms with Crippen LogP contribution in [0.15, 0.2) is 30.3 Å². The minimum Gasteiger partial charge on any atom is -0.493 e. The zero-order valence-electron chi connectivity index (χ0n) is 14.0. The Kier molecular flexibility index (Phi) is 5.36. The maximum atomic E-state index is 11.5. The minimum atomic E-state index is -0.260. The van der Waals surface area contributed by atoms with Crippen molar-refractivity contribution < 1.29 is 19.1 Å². The number of hydrogen-bond donors (Lipinski definition) is 2. The van der Waals surface area contributed by atoms with Gasteiger partial charge < -0.3 is 20.1 Å². The lowest BCUT2D eigenvalue weighted by Gasteiger charge is -2.13. The predicted molar refractivity (Wildman–Crippen MR) is 91.4 cm³/mol. The van der Waals surface area contributed by atoms with Crippen LogP contribution in [0.25, 0.3) is 11.1 Å². The number of pyridine rings is 1. The fourth-order valence-corrected chi connectivity index (χ4v) is 2.21. The van der Waals surface area contributed by atoms with Gasteiger partial charge in [-0.2, -0.15) is 0 Å². The van der Waals surface area contributed by atoms with E-state index >= 15 is 0 Å². The zero-order chi connectivity index (χ0) is 17.7. The summed E-state index contributed by atoms with van der Waals surface area (Å²) in [5.41, 5.74) is 1.48. The molecule has 1 heterocycles. The molecule has 0 saturated carbocycles. The largest absolute Gasteiger partial charge is 0.493 e. The number of anilines is 2. The highest BCUT2D eigenvalue weighted by molar-refractivity contribution is 5.94. The summed E-state index contributed by atoms with van der Waals surface area (Å²) in [6.07, 6.45) is 0. The van der Waals surface area contributed by atoms with Crippen LogP contribution in [0.2, 0.25) is 0 Å². The van der Waals surface area contributed by atoms with Crippen LogP contribution in [-0.2, 0) is 9.59 Å². The first-order chi connectivity index (χ1) is 11.4. The van der Waals surface area contributed by atoms with Gasteiger partial charge >= 0.3 is 0 Å². The first-order valence-corrected chi connectivity index (χ1v) is 7.23. The third kappa shape index (κ3) is 4.01. The van der Waals surface area contributed by atoms with E-state index in [9.17, 15) is 9.59 Å². The fraction of sp³-hybridized carbons (Fsp3) is 0.235. The van der Waals surface area contributed by atoms with Gasteiger partial charge in [-0.3, -0.25) is 9.59 Å². The molecule has 0 spiro atoms. The van der Waals surface area contributed by atoms with Crippen molar-refractivity contribution in [3.63, 3.8) is 0 Å². The number of carbonyl (C=O) groups is 2. The Morgan fingerprint density at radius 3 is 2.17 bits per heavy atom. The molecule has 126 valence electrons. The van der Waals surface area contributed by atoms with Crippen LogP contribution in [0.3, 0.4) is 0 Å². The Labute approximate surface area is 140 Å². The molecule has 0 aliphatic heterocycles. The number of aromatic nitrogens is 1. The third-order valence-electron chi connectivity index (χ3n) is 3.19. The molecule has 0 aliphatic rings. The van der Waals surface area contributed by atoms with Crippen molar-refractivity contribution in [1.29, 1.82) is 0 Å². The Hall–Kier alpha value is -3.09. The molecule has 24 heavy (non-hydrogen) atoms. The molecule has 0 aliphatic carbocycles. The highest BCUT2D eigenvalue weighted by Gasteiger charge is 2.13. The number of nitrogens with zero attached hydrogens (tertiary/aromatic N) is 1. The maximum absolute atomic E-state index is 11.5. The van der Waals surface area contributed by atoms with E-state index in [2.05, 4.69) is 15.6 Å². The number of nitrogens with one attached hydrogen (secondary N) is 2. The molecule has 2 amide bonds. The minimum absolute atomic E-state index is 0.241. The highest BCUT2D eigenvalue weighted by atomic mass is 16.5. The fourth-order valence-electron chi connectivity index (χ4n) is 2.21. The molecule has 1 aromatic heterocycles. The summed E-state index contributed by atoms with van der Waals surface area (Å²) in [5.74, 6) is 1.37. The average molecular weight is 329 g/mol. The smallest absolute Gasteiger partial charge is 0.222 e. The summed E-state index contributed by atoms with van der Waals surface area (Å²) in [7, 11) is 3.11. The Bertz CT molecular complexity index is 774. The topological polar surface area (TPSA) is 89.5 Å². The number of hydrogen-bond acceptors (Lipinski definition) is 5. The summed E-state index contributed by atoms with van der Waals surface area (Å²) in [5, 5.41) is 5.27. The van der Waals surface area contributed by atoms with Crippen LogP contribution in [-0.4, -0.2) is 31.0 Å². The molecule has 0 unspecified atom stereocenters. The van der Waals surface area contributed by atoms with Crippen molar-refractivity contribution in [1.82, 2.24) is 4.98 Å². The summed E-state index contributed by atoms with van der Waals surface area (Å²) in [4.78, 5) is 26.9. The molecule has 0 saturated heterocycles. The quantitative estimate of drug-likeness (QED) is 0.880. The molecule has 0 bridgehead atoms. The van der Waals surface area contributed by atoms with Crippen molar-refractivity contribution in [2.75, 3.05) is 24.9 Å². The second-order valence-electron chi connectivity index (χ2n) is 5.02. The van der Waals surface area contributed by atoms with Crippen LogP contribution < -0.4 is 20.1 Å². The van der Waals surface area contributed by atoms with E-state index in [1.54, 1.807) is 38.5 Å². The first-order valence-electron chi connectivity index (χ1n) is 7.23. The number of benzene rings is 1. The van der Waals surface area contributed by atoms with Gasteiger partial charge in [-0.1, -0.05) is 6.07 Å². The Morgan fingerprint density at radius 1 is 0.917 bits per heavy atom. The van der Waals surface area contributed by atoms with Gasteiger partial charge in [-0.15, -0.1) is 0 Å². The van der Waals surface area contributed by atoms with Gasteiger partial charge in [0.05, 0.1) is 14.2 Å². The molecule has 0 fully saturated rings. The van der Waals surface area contributed by atoms with Crippen molar-refractivity contribution in [3.05, 3.63) is 30.3 Å². The molecule has 2 rings (SSSR count). The van der Waals surface area contributed by atoms with Gasteiger partial charge in [-0.25, -0.2) is 4.98 Å². The van der Waals surface area contributed by atoms with Gasteiger partial charge in [-0.05, 0) is 29.8 Å². The van der Waals surface area contributed by atoms with E-state index in [1.807, 2.05) is 6.07 Å². The van der Waals surface area contributed by atoms with E-state index in [0.29, 0.717) is 28.7 Å². The van der Waals surface area contributed by atoms with Crippen LogP contribution in [0.5, 0.6) is 11.5 Å². The third-order valence-corrected chi connectivity index (χ3v) is 3.19. The van der Waals surface area contributed by atoms with Gasteiger partial charge in [0.2, 0.25) is 11.8 Å². The lowest BCUT2D eigenvalue weighted by atomic mass is 10.1. The number of carbonyl (C=O) groups excluding carboxylic acids is 2. The van der Waals surface area contributed by atoms with Gasteiger partial charge in [0, 0.05) is 19.4 Å². The van der Waals surface area contributed by atoms with Crippen molar-refractivity contribution >= 4 is 23.5 Å². The summed E-state index contributed by atoms with van der Waals surface area (Å²) < 4.78 is 10.5. The molecular formula is C17H19N3O4. The van der Waals surface area contributed by atoms with Gasteiger partial charge in [0.1, 0.15) is 11.6 Å². The number of rotatable bonds is 5. The van der Waals surface area contributed by atoms with Crippen molar-refractivity contribution in [2.24, 2.45) is 0 Å². The molecule has 2 aromatic rings. The molecule has 7 nitrogen and oxygen atoms in total. The number of ether oxygens (including phenoxy) is 2. The van der Waals surface area contributed by atoms with Crippen LogP contribution in [0.1, 0.15) is 13.8 Å². The molecular weight excluding hydrogens is 310 g/mol. The second-order valence-corrected chi connectivity index (χ2v) is 5.02. The van der Waals surface area contributed by atoms with Crippen molar-refractivity contribution in [3.8, 4) is 22.6 Å². The predicted octanol–water partition coefficient (Wildman–Crippen LogP) is 2.68. The normalized spacial score (nSPS) is 10.0. The zero-order valence-corrected chi connectivity index (χ0v) is 14.0. The molecule has 1 aromatic carbocycles. The monoisotopic (exact) mass is 329 g/mol. The van der Waals surface area contributed by atoms with Gasteiger partial charge in [0.25, 0.3) is 0 Å². The Balaban J connectivity index is 2.51. The van der Waals surface area contributed by atoms with E-state index in [4.69, 9.17) is 9.47 Å². The highest BCUT2D eigenvalue weighted by Crippen LogP contribution is 2.35. The lowest BCUT2D eigenvalue weighted by molar-refractivity contribution is -0.115. The van der Waals surface area contributed by atoms with E-state index in [0.717, 1.165) is 5.56 Å². The molecule has 7 heteroatoms. The summed E-state index contributed by atoms with van der Waals surface area (Å²) in [6, 6.07) is 8.83. The van der Waals surface area contributed by atoms with E-state index in [-0.39, 0.29) is 11.8 Å². The standard InChI is InChI=1S/C17H19N3O4/c1-10(21)18-16-8-6-13(17(20-16)19-11(2)22)12-5-7-14(23-3)15(9-12)24-4/h5-9H,1-4H3,(H2,18,19,20,21,22). The molecule has 2 N–H and O–H groups in total. The maximum Gasteiger partial charge on any atom is 0.222 e. The first kappa shape index (κ1) is 17.3. The SMILES string of the molecule is COc1ccc(-c2ccc(NC(C)=O)nc2NC(C)=O)cc1OC. The summed E-state index contributed by atoms with van der Waals surface area (Å²) >= 11 is 0. The molecule has 0 radical (unpaired) electrons. The lowest BCUT2D eigenvalue weighted by Crippen LogP contribution is -2.12. The van der Waals surface area contributed by atoms with Gasteiger partial charge in [0.15, 0.2) is 11.5 Å².